The molecule has 124 valence electrons. The molecule has 1 aliphatic rings. The summed E-state index contributed by atoms with van der Waals surface area (Å²) in [6.07, 6.45) is 2.03. The number of ether oxygens (including phenoxy) is 1. The molecular weight excluding hydrogens is 328 g/mol. The summed E-state index contributed by atoms with van der Waals surface area (Å²) in [6.45, 7) is 0. The van der Waals surface area contributed by atoms with E-state index in [0.717, 1.165) is 24.1 Å². The van der Waals surface area contributed by atoms with Crippen molar-refractivity contribution in [2.75, 3.05) is 17.7 Å². The summed E-state index contributed by atoms with van der Waals surface area (Å²) in [5.41, 5.74) is 2.77. The molecule has 0 spiro atoms. The van der Waals surface area contributed by atoms with Gasteiger partial charge in [-0.3, -0.25) is 9.59 Å². The summed E-state index contributed by atoms with van der Waals surface area (Å²) >= 11 is 5.98. The van der Waals surface area contributed by atoms with Crippen LogP contribution in [-0.4, -0.2) is 18.9 Å². The second kappa shape index (κ2) is 6.93. The van der Waals surface area contributed by atoms with E-state index in [0.29, 0.717) is 28.4 Å². The van der Waals surface area contributed by atoms with Crippen LogP contribution in [0.5, 0.6) is 5.75 Å². The third kappa shape index (κ3) is 3.51. The van der Waals surface area contributed by atoms with Gasteiger partial charge in [0.15, 0.2) is 0 Å². The molecule has 0 aromatic heterocycles. The minimum absolute atomic E-state index is 0.00890. The van der Waals surface area contributed by atoms with Gasteiger partial charge in [-0.2, -0.15) is 0 Å². The van der Waals surface area contributed by atoms with E-state index in [1.807, 2.05) is 6.07 Å². The number of carbonyl (C=O) groups excluding carboxylic acids is 2. The Balaban J connectivity index is 1.85. The Bertz CT molecular complexity index is 805. The van der Waals surface area contributed by atoms with Gasteiger partial charge < -0.3 is 15.4 Å². The molecule has 3 rings (SSSR count). The highest BCUT2D eigenvalue weighted by atomic mass is 35.5. The fourth-order valence-corrected chi connectivity index (χ4v) is 2.86. The Labute approximate surface area is 145 Å². The Morgan fingerprint density at radius 3 is 2.83 bits per heavy atom. The van der Waals surface area contributed by atoms with E-state index in [1.165, 1.54) is 7.11 Å². The molecule has 2 aromatic rings. The van der Waals surface area contributed by atoms with Crippen molar-refractivity contribution >= 4 is 34.8 Å². The van der Waals surface area contributed by atoms with Crippen molar-refractivity contribution < 1.29 is 14.3 Å². The molecule has 0 unspecified atom stereocenters. The van der Waals surface area contributed by atoms with Gasteiger partial charge in [-0.05, 0) is 54.8 Å². The van der Waals surface area contributed by atoms with Crippen molar-refractivity contribution in [1.82, 2.24) is 0 Å². The number of carbonyl (C=O) groups is 2. The van der Waals surface area contributed by atoms with Crippen molar-refractivity contribution in [3.8, 4) is 5.75 Å². The summed E-state index contributed by atoms with van der Waals surface area (Å²) < 4.78 is 5.24. The zero-order valence-electron chi connectivity index (χ0n) is 13.2. The number of halogens is 1. The molecule has 2 N–H and O–H groups in total. The van der Waals surface area contributed by atoms with Crippen molar-refractivity contribution in [2.45, 2.75) is 19.3 Å². The summed E-state index contributed by atoms with van der Waals surface area (Å²) in [6, 6.07) is 10.3. The summed E-state index contributed by atoms with van der Waals surface area (Å²) in [7, 11) is 1.53. The van der Waals surface area contributed by atoms with E-state index >= 15 is 0 Å². The number of methoxy groups -OCH3 is 1. The second-order valence-corrected chi connectivity index (χ2v) is 6.01. The quantitative estimate of drug-likeness (QED) is 0.888. The molecule has 0 bridgehead atoms. The molecular formula is C18H17ClN2O3. The van der Waals surface area contributed by atoms with Crippen LogP contribution in [0.3, 0.4) is 0 Å². The van der Waals surface area contributed by atoms with Gasteiger partial charge in [-0.15, -0.1) is 0 Å². The smallest absolute Gasteiger partial charge is 0.255 e. The SMILES string of the molecule is COc1ccc(Cl)cc1NC(=O)c1ccc2c(c1)CCCC(=O)N2. The third-order valence-electron chi connectivity index (χ3n) is 3.90. The van der Waals surface area contributed by atoms with Crippen molar-refractivity contribution in [3.63, 3.8) is 0 Å². The van der Waals surface area contributed by atoms with Gasteiger partial charge in [-0.1, -0.05) is 11.6 Å². The molecule has 0 saturated carbocycles. The van der Waals surface area contributed by atoms with E-state index in [9.17, 15) is 9.59 Å². The van der Waals surface area contributed by atoms with Crippen LogP contribution in [0.25, 0.3) is 0 Å². The van der Waals surface area contributed by atoms with Crippen LogP contribution in [-0.2, 0) is 11.2 Å². The number of fused-ring (bicyclic) bond motifs is 1. The topological polar surface area (TPSA) is 67.4 Å². The predicted molar refractivity (Wildman–Crippen MR) is 94.0 cm³/mol. The number of benzene rings is 2. The number of amides is 2. The van der Waals surface area contributed by atoms with Gasteiger partial charge in [0.1, 0.15) is 5.75 Å². The first-order chi connectivity index (χ1) is 11.6. The molecule has 6 heteroatoms. The molecule has 1 aliphatic heterocycles. The van der Waals surface area contributed by atoms with Crippen LogP contribution < -0.4 is 15.4 Å². The average Bonchev–Trinajstić information content (AvgIpc) is 2.74. The summed E-state index contributed by atoms with van der Waals surface area (Å²) in [5.74, 6) is 0.290. The number of nitrogens with one attached hydrogen (secondary N) is 2. The van der Waals surface area contributed by atoms with E-state index in [1.54, 1.807) is 30.3 Å². The molecule has 1 heterocycles. The lowest BCUT2D eigenvalue weighted by Crippen LogP contribution is -2.14. The number of anilines is 2. The Kier molecular flexibility index (Phi) is 4.71. The van der Waals surface area contributed by atoms with Crippen LogP contribution in [0.15, 0.2) is 36.4 Å². The second-order valence-electron chi connectivity index (χ2n) is 5.57. The molecule has 0 atom stereocenters. The highest BCUT2D eigenvalue weighted by Crippen LogP contribution is 2.29. The normalized spacial score (nSPS) is 13.5. The maximum Gasteiger partial charge on any atom is 0.255 e. The van der Waals surface area contributed by atoms with Gasteiger partial charge in [0.2, 0.25) is 5.91 Å². The minimum Gasteiger partial charge on any atom is -0.495 e. The highest BCUT2D eigenvalue weighted by Gasteiger charge is 2.16. The van der Waals surface area contributed by atoms with Crippen molar-refractivity contribution in [1.29, 1.82) is 0 Å². The molecule has 0 aliphatic carbocycles. The van der Waals surface area contributed by atoms with Crippen LogP contribution in [0.2, 0.25) is 5.02 Å². The first-order valence-corrected chi connectivity index (χ1v) is 8.02. The summed E-state index contributed by atoms with van der Waals surface area (Å²) in [4.78, 5) is 24.1. The van der Waals surface area contributed by atoms with Crippen molar-refractivity contribution in [2.24, 2.45) is 0 Å². The fourth-order valence-electron chi connectivity index (χ4n) is 2.69. The van der Waals surface area contributed by atoms with Gasteiger partial charge in [-0.25, -0.2) is 0 Å². The van der Waals surface area contributed by atoms with Crippen LogP contribution >= 0.6 is 11.6 Å². The molecule has 2 amide bonds. The van der Waals surface area contributed by atoms with Gasteiger partial charge >= 0.3 is 0 Å². The molecule has 2 aromatic carbocycles. The lowest BCUT2D eigenvalue weighted by Gasteiger charge is -2.12. The standard InChI is InChI=1S/C18H17ClN2O3/c1-24-16-8-6-13(19)10-15(16)21-18(23)12-5-7-14-11(9-12)3-2-4-17(22)20-14/h5-10H,2-4H2,1H3,(H,20,22)(H,21,23). The maximum absolute atomic E-state index is 12.5. The summed E-state index contributed by atoms with van der Waals surface area (Å²) in [5, 5.41) is 6.18. The number of hydrogen-bond acceptors (Lipinski definition) is 3. The minimum atomic E-state index is -0.256. The third-order valence-corrected chi connectivity index (χ3v) is 4.14. The molecule has 0 radical (unpaired) electrons. The first-order valence-electron chi connectivity index (χ1n) is 7.64. The molecule has 0 fully saturated rings. The fraction of sp³-hybridized carbons (Fsp3) is 0.222. The van der Waals surface area contributed by atoms with Crippen LogP contribution in [0.1, 0.15) is 28.8 Å². The van der Waals surface area contributed by atoms with Gasteiger partial charge in [0.25, 0.3) is 5.91 Å². The average molecular weight is 345 g/mol. The zero-order chi connectivity index (χ0) is 17.1. The first kappa shape index (κ1) is 16.3. The predicted octanol–water partition coefficient (Wildman–Crippen LogP) is 3.88. The van der Waals surface area contributed by atoms with Crippen LogP contribution in [0.4, 0.5) is 11.4 Å². The van der Waals surface area contributed by atoms with Crippen LogP contribution in [0, 0.1) is 0 Å². The van der Waals surface area contributed by atoms with E-state index < -0.39 is 0 Å². The molecule has 5 nitrogen and oxygen atoms in total. The maximum atomic E-state index is 12.5. The number of rotatable bonds is 3. The number of hydrogen-bond donors (Lipinski definition) is 2. The Morgan fingerprint density at radius 2 is 2.04 bits per heavy atom. The Morgan fingerprint density at radius 1 is 1.21 bits per heavy atom. The van der Waals surface area contributed by atoms with Gasteiger partial charge in [0, 0.05) is 22.7 Å². The molecule has 0 saturated heterocycles. The molecule has 24 heavy (non-hydrogen) atoms. The monoisotopic (exact) mass is 344 g/mol. The zero-order valence-corrected chi connectivity index (χ0v) is 13.9. The lowest BCUT2D eigenvalue weighted by molar-refractivity contribution is -0.116. The van der Waals surface area contributed by atoms with Gasteiger partial charge in [0.05, 0.1) is 12.8 Å². The lowest BCUT2D eigenvalue weighted by atomic mass is 10.0. The Hall–Kier alpha value is -2.53. The highest BCUT2D eigenvalue weighted by molar-refractivity contribution is 6.31. The van der Waals surface area contributed by atoms with E-state index in [2.05, 4.69) is 10.6 Å². The largest absolute Gasteiger partial charge is 0.495 e. The van der Waals surface area contributed by atoms with Crippen molar-refractivity contribution in [3.05, 3.63) is 52.5 Å². The number of aryl methyl sites for hydroxylation is 1. The van der Waals surface area contributed by atoms with E-state index in [-0.39, 0.29) is 11.8 Å². The van der Waals surface area contributed by atoms with E-state index in [4.69, 9.17) is 16.3 Å².